The number of benzene rings is 1. The summed E-state index contributed by atoms with van der Waals surface area (Å²) in [5.74, 6) is 1.04. The molecule has 4 nitrogen and oxygen atoms in total. The number of carbonyl (C=O) groups is 1. The van der Waals surface area contributed by atoms with Gasteiger partial charge in [0.2, 0.25) is 6.10 Å². The summed E-state index contributed by atoms with van der Waals surface area (Å²) in [7, 11) is 0. The van der Waals surface area contributed by atoms with Crippen LogP contribution in [0.4, 0.5) is 0 Å². The van der Waals surface area contributed by atoms with Gasteiger partial charge in [-0.05, 0) is 32.9 Å². The van der Waals surface area contributed by atoms with Crippen molar-refractivity contribution < 1.29 is 14.3 Å². The van der Waals surface area contributed by atoms with Gasteiger partial charge in [-0.2, -0.15) is 0 Å². The van der Waals surface area contributed by atoms with Gasteiger partial charge in [-0.1, -0.05) is 12.1 Å². The van der Waals surface area contributed by atoms with Gasteiger partial charge in [0.05, 0.1) is 10.9 Å². The van der Waals surface area contributed by atoms with Crippen molar-refractivity contribution in [2.75, 3.05) is 6.61 Å². The summed E-state index contributed by atoms with van der Waals surface area (Å²) in [6.07, 6.45) is -0.649. The molecule has 0 saturated carbocycles. The zero-order valence-electron chi connectivity index (χ0n) is 11.3. The number of hydrogen-bond donors (Lipinski definition) is 1. The van der Waals surface area contributed by atoms with E-state index in [1.54, 1.807) is 6.07 Å². The van der Waals surface area contributed by atoms with E-state index in [1.165, 1.54) is 0 Å². The fourth-order valence-corrected chi connectivity index (χ4v) is 1.70. The molecule has 2 rings (SSSR count). The molecule has 0 fully saturated rings. The number of ether oxygens (including phenoxy) is 2. The van der Waals surface area contributed by atoms with E-state index in [0.29, 0.717) is 11.5 Å². The van der Waals surface area contributed by atoms with Crippen LogP contribution in [0, 0.1) is 0 Å². The lowest BCUT2D eigenvalue weighted by molar-refractivity contribution is -0.132. The van der Waals surface area contributed by atoms with Crippen molar-refractivity contribution in [1.29, 1.82) is 0 Å². The summed E-state index contributed by atoms with van der Waals surface area (Å²) in [5.41, 5.74) is -0.501. The highest BCUT2D eigenvalue weighted by Gasteiger charge is 2.33. The summed E-state index contributed by atoms with van der Waals surface area (Å²) >= 11 is 6.05. The number of alkyl halides is 1. The van der Waals surface area contributed by atoms with Crippen molar-refractivity contribution in [2.45, 2.75) is 37.8 Å². The number of rotatable bonds is 3. The molecule has 1 N–H and O–H groups in total. The van der Waals surface area contributed by atoms with E-state index in [4.69, 9.17) is 21.1 Å². The van der Waals surface area contributed by atoms with E-state index in [2.05, 4.69) is 5.32 Å². The predicted octanol–water partition coefficient (Wildman–Crippen LogP) is 2.35. The topological polar surface area (TPSA) is 47.6 Å². The molecule has 0 radical (unpaired) electrons. The first kappa shape index (κ1) is 14.0. The van der Waals surface area contributed by atoms with Crippen molar-refractivity contribution in [1.82, 2.24) is 5.32 Å². The zero-order valence-corrected chi connectivity index (χ0v) is 12.0. The van der Waals surface area contributed by atoms with Crippen LogP contribution in [-0.2, 0) is 4.79 Å². The van der Waals surface area contributed by atoms with Gasteiger partial charge in [0, 0.05) is 0 Å². The fraction of sp³-hybridized carbons (Fsp3) is 0.500. The molecule has 1 amide bonds. The number of halogens is 1. The highest BCUT2D eigenvalue weighted by Crippen LogP contribution is 2.31. The normalized spacial score (nSPS) is 19.7. The van der Waals surface area contributed by atoms with Crippen LogP contribution in [0.15, 0.2) is 24.3 Å². The first-order chi connectivity index (χ1) is 8.90. The molecule has 2 unspecified atom stereocenters. The second kappa shape index (κ2) is 5.29. The average Bonchev–Trinajstić information content (AvgIpc) is 2.37. The van der Waals surface area contributed by atoms with Gasteiger partial charge in [-0.25, -0.2) is 0 Å². The van der Waals surface area contributed by atoms with Crippen molar-refractivity contribution in [3.63, 3.8) is 0 Å². The maximum absolute atomic E-state index is 12.2. The Morgan fingerprint density at radius 1 is 1.42 bits per heavy atom. The van der Waals surface area contributed by atoms with Crippen molar-refractivity contribution in [3.8, 4) is 11.5 Å². The number of amides is 1. The van der Waals surface area contributed by atoms with Crippen molar-refractivity contribution in [2.24, 2.45) is 0 Å². The van der Waals surface area contributed by atoms with Gasteiger partial charge in [-0.3, -0.25) is 4.79 Å². The van der Waals surface area contributed by atoms with E-state index >= 15 is 0 Å². The highest BCUT2D eigenvalue weighted by atomic mass is 35.5. The molecule has 1 aromatic rings. The van der Waals surface area contributed by atoms with Gasteiger partial charge in [0.15, 0.2) is 11.5 Å². The molecule has 104 valence electrons. The number of nitrogens with one attached hydrogen (secondary N) is 1. The molecular formula is C14H18ClNO3. The van der Waals surface area contributed by atoms with Crippen molar-refractivity contribution in [3.05, 3.63) is 24.3 Å². The Labute approximate surface area is 118 Å². The fourth-order valence-electron chi connectivity index (χ4n) is 1.65. The lowest BCUT2D eigenvalue weighted by Crippen LogP contribution is -2.55. The minimum atomic E-state index is -0.649. The summed E-state index contributed by atoms with van der Waals surface area (Å²) in [5, 5.41) is 2.69. The molecule has 0 aliphatic carbocycles. The molecule has 0 bridgehead atoms. The molecule has 5 heteroatoms. The first-order valence-corrected chi connectivity index (χ1v) is 6.68. The summed E-state index contributed by atoms with van der Waals surface area (Å²) in [6.45, 7) is 5.80. The van der Waals surface area contributed by atoms with Gasteiger partial charge < -0.3 is 14.8 Å². The Bertz CT molecular complexity index is 474. The van der Waals surface area contributed by atoms with Gasteiger partial charge in [0.25, 0.3) is 5.91 Å². The lowest BCUT2D eigenvalue weighted by atomic mass is 10.0. The summed E-state index contributed by atoms with van der Waals surface area (Å²) < 4.78 is 11.2. The van der Waals surface area contributed by atoms with Crippen molar-refractivity contribution >= 4 is 17.5 Å². The molecule has 1 aromatic carbocycles. The van der Waals surface area contributed by atoms with Crippen LogP contribution < -0.4 is 14.8 Å². The molecule has 0 spiro atoms. The number of fused-ring (bicyclic) bond motifs is 1. The molecule has 0 aromatic heterocycles. The van der Waals surface area contributed by atoms with Crippen LogP contribution in [0.3, 0.4) is 0 Å². The molecule has 1 aliphatic heterocycles. The van der Waals surface area contributed by atoms with E-state index in [9.17, 15) is 4.79 Å². The van der Waals surface area contributed by atoms with E-state index in [0.717, 1.165) is 0 Å². The molecular weight excluding hydrogens is 266 g/mol. The standard InChI is InChI=1S/C14H18ClNO3/c1-9(15)14(2,3)16-13(17)12-8-18-10-6-4-5-7-11(10)19-12/h4-7,9,12H,8H2,1-3H3,(H,16,17). The van der Waals surface area contributed by atoms with Crippen LogP contribution in [0.2, 0.25) is 0 Å². The van der Waals surface area contributed by atoms with Crippen LogP contribution in [0.1, 0.15) is 20.8 Å². The molecule has 0 saturated heterocycles. The minimum Gasteiger partial charge on any atom is -0.485 e. The highest BCUT2D eigenvalue weighted by molar-refractivity contribution is 6.21. The lowest BCUT2D eigenvalue weighted by Gasteiger charge is -2.32. The summed E-state index contributed by atoms with van der Waals surface area (Å²) in [6, 6.07) is 7.30. The molecule has 1 heterocycles. The third-order valence-corrected chi connectivity index (χ3v) is 3.79. The monoisotopic (exact) mass is 283 g/mol. The first-order valence-electron chi connectivity index (χ1n) is 6.25. The van der Waals surface area contributed by atoms with E-state index in [-0.39, 0.29) is 17.9 Å². The zero-order chi connectivity index (χ0) is 14.0. The second-order valence-corrected chi connectivity index (χ2v) is 5.85. The quantitative estimate of drug-likeness (QED) is 0.866. The van der Waals surface area contributed by atoms with E-state index in [1.807, 2.05) is 39.0 Å². The summed E-state index contributed by atoms with van der Waals surface area (Å²) in [4.78, 5) is 12.2. The molecule has 1 aliphatic rings. The Morgan fingerprint density at radius 3 is 2.68 bits per heavy atom. The molecule has 19 heavy (non-hydrogen) atoms. The Hall–Kier alpha value is -1.42. The van der Waals surface area contributed by atoms with E-state index < -0.39 is 11.6 Å². The average molecular weight is 284 g/mol. The predicted molar refractivity (Wildman–Crippen MR) is 73.9 cm³/mol. The Morgan fingerprint density at radius 2 is 2.05 bits per heavy atom. The maximum atomic E-state index is 12.2. The largest absolute Gasteiger partial charge is 0.485 e. The third kappa shape index (κ3) is 3.13. The van der Waals surface area contributed by atoms with Crippen LogP contribution in [0.5, 0.6) is 11.5 Å². The number of carbonyl (C=O) groups excluding carboxylic acids is 1. The van der Waals surface area contributed by atoms with Gasteiger partial charge in [-0.15, -0.1) is 11.6 Å². The maximum Gasteiger partial charge on any atom is 0.265 e. The third-order valence-electron chi connectivity index (χ3n) is 3.24. The van der Waals surface area contributed by atoms with Crippen LogP contribution >= 0.6 is 11.6 Å². The second-order valence-electron chi connectivity index (χ2n) is 5.19. The Balaban J connectivity index is 2.03. The SMILES string of the molecule is CC(Cl)C(C)(C)NC(=O)C1COc2ccccc2O1. The minimum absolute atomic E-state index is 0.187. The number of para-hydroxylation sites is 2. The number of hydrogen-bond acceptors (Lipinski definition) is 3. The van der Waals surface area contributed by atoms with Gasteiger partial charge >= 0.3 is 0 Å². The molecule has 2 atom stereocenters. The smallest absolute Gasteiger partial charge is 0.265 e. The van der Waals surface area contributed by atoms with Gasteiger partial charge in [0.1, 0.15) is 6.61 Å². The Kier molecular flexibility index (Phi) is 3.90. The van der Waals surface area contributed by atoms with Crippen LogP contribution in [-0.4, -0.2) is 29.5 Å². The van der Waals surface area contributed by atoms with Crippen LogP contribution in [0.25, 0.3) is 0 Å².